The zero-order valence-corrected chi connectivity index (χ0v) is 27.0. The number of fused-ring (bicyclic) bond motifs is 2. The number of hydrogen-bond acceptors (Lipinski definition) is 12. The third kappa shape index (κ3) is 6.66. The maximum atomic E-state index is 13.7. The van der Waals surface area contributed by atoms with Crippen LogP contribution < -0.4 is 30.5 Å². The fourth-order valence-corrected chi connectivity index (χ4v) is 6.46. The molecule has 2 aliphatic rings. The summed E-state index contributed by atoms with van der Waals surface area (Å²) in [6.07, 6.45) is -5.71. The lowest BCUT2D eigenvalue weighted by atomic mass is 9.97. The molecule has 3 aromatic carbocycles. The summed E-state index contributed by atoms with van der Waals surface area (Å²) in [4.78, 5) is 32.5. The van der Waals surface area contributed by atoms with E-state index in [1.54, 1.807) is 24.3 Å². The van der Waals surface area contributed by atoms with Gasteiger partial charge in [0.05, 0.1) is 34.3 Å². The minimum Gasteiger partial charge on any atom is -0.463 e. The average molecular weight is 654 g/mol. The number of nitrogens with zero attached hydrogens (tertiary/aromatic N) is 3. The summed E-state index contributed by atoms with van der Waals surface area (Å²) in [5.41, 5.74) is 11.0. The van der Waals surface area contributed by atoms with E-state index < -0.39 is 49.3 Å². The highest BCUT2D eigenvalue weighted by atomic mass is 32.2. The molecule has 46 heavy (non-hydrogen) atoms. The van der Waals surface area contributed by atoms with Gasteiger partial charge in [-0.05, 0) is 48.0 Å². The van der Waals surface area contributed by atoms with Crippen LogP contribution in [0.25, 0.3) is 0 Å². The molecule has 13 nitrogen and oxygen atoms in total. The molecule has 14 heteroatoms. The van der Waals surface area contributed by atoms with E-state index in [0.29, 0.717) is 28.4 Å². The topological polar surface area (TPSA) is 170 Å². The number of rotatable bonds is 8. The zero-order valence-electron chi connectivity index (χ0n) is 26.2. The van der Waals surface area contributed by atoms with Crippen LogP contribution >= 0.6 is 11.8 Å². The van der Waals surface area contributed by atoms with Crippen molar-refractivity contribution in [3.8, 4) is 5.75 Å². The van der Waals surface area contributed by atoms with E-state index >= 15 is 0 Å². The Kier molecular flexibility index (Phi) is 9.84. The molecule has 1 saturated heterocycles. The predicted molar refractivity (Wildman–Crippen MR) is 175 cm³/mol. The number of nitrogens with two attached hydrogens (primary N) is 1. The Balaban J connectivity index is 1.33. The highest BCUT2D eigenvalue weighted by Gasteiger charge is 2.46. The standard InChI is InChI=1S/C32H39N5O8S/c1-17(39)34-27-29(41)28(40)24(15-38)45-31(27)44-20-9-6-18(7-10-20)16-43-32(42)37-21-11-8-19(35(2)3)14-25(21)46-30-23(37)13-12-22(26(30)33)36(4)5/h6-14,24,27-29,31,38,40-41H,15-16,33H2,1-5H3,(H,34,39). The predicted octanol–water partition coefficient (Wildman–Crippen LogP) is 2.66. The molecule has 2 amide bonds. The maximum Gasteiger partial charge on any atom is 0.419 e. The summed E-state index contributed by atoms with van der Waals surface area (Å²) in [5, 5.41) is 32.8. The van der Waals surface area contributed by atoms with Crippen molar-refractivity contribution in [2.24, 2.45) is 0 Å². The van der Waals surface area contributed by atoms with E-state index in [1.165, 1.54) is 23.6 Å². The number of aliphatic hydroxyl groups excluding tert-OH is 3. The number of nitrogen functional groups attached to an aromatic ring is 1. The second-order valence-electron chi connectivity index (χ2n) is 11.5. The first-order valence-electron chi connectivity index (χ1n) is 14.6. The second kappa shape index (κ2) is 13.6. The number of carbonyl (C=O) groups excluding carboxylic acids is 2. The Labute approximate surface area is 271 Å². The fourth-order valence-electron chi connectivity index (χ4n) is 5.31. The second-order valence-corrected chi connectivity index (χ2v) is 12.5. The molecule has 0 aliphatic carbocycles. The molecular weight excluding hydrogens is 614 g/mol. The van der Waals surface area contributed by atoms with E-state index in [2.05, 4.69) is 5.32 Å². The van der Waals surface area contributed by atoms with Crippen molar-refractivity contribution in [3.05, 3.63) is 60.2 Å². The number of carbonyl (C=O) groups is 2. The summed E-state index contributed by atoms with van der Waals surface area (Å²) in [7, 11) is 7.73. The Morgan fingerprint density at radius 3 is 2.33 bits per heavy atom. The van der Waals surface area contributed by atoms with Crippen LogP contribution in [0.15, 0.2) is 64.4 Å². The van der Waals surface area contributed by atoms with Crippen molar-refractivity contribution >= 4 is 52.2 Å². The molecule has 0 spiro atoms. The van der Waals surface area contributed by atoms with Gasteiger partial charge in [0.2, 0.25) is 12.2 Å². The lowest BCUT2D eigenvalue weighted by Gasteiger charge is -2.42. The number of benzene rings is 3. The van der Waals surface area contributed by atoms with Gasteiger partial charge in [-0.25, -0.2) is 9.69 Å². The number of ether oxygens (including phenoxy) is 3. The van der Waals surface area contributed by atoms with Crippen molar-refractivity contribution < 1.29 is 39.1 Å². The number of aliphatic hydroxyl groups is 3. The van der Waals surface area contributed by atoms with Crippen LogP contribution in [0.2, 0.25) is 0 Å². The number of nitrogens with one attached hydrogen (secondary N) is 1. The Morgan fingerprint density at radius 1 is 1.00 bits per heavy atom. The van der Waals surface area contributed by atoms with Crippen molar-refractivity contribution in [2.75, 3.05) is 55.2 Å². The summed E-state index contributed by atoms with van der Waals surface area (Å²) < 4.78 is 17.3. The summed E-state index contributed by atoms with van der Waals surface area (Å²) in [6, 6.07) is 15.1. The lowest BCUT2D eigenvalue weighted by Crippen LogP contribution is -2.65. The first-order valence-corrected chi connectivity index (χ1v) is 15.4. The molecule has 2 heterocycles. The molecule has 0 saturated carbocycles. The van der Waals surface area contributed by atoms with E-state index in [4.69, 9.17) is 19.9 Å². The highest BCUT2D eigenvalue weighted by molar-refractivity contribution is 8.00. The van der Waals surface area contributed by atoms with E-state index in [0.717, 1.165) is 21.2 Å². The molecule has 3 aromatic rings. The van der Waals surface area contributed by atoms with E-state index in [-0.39, 0.29) is 6.61 Å². The highest BCUT2D eigenvalue weighted by Crippen LogP contribution is 2.53. The molecule has 1 fully saturated rings. The van der Waals surface area contributed by atoms with Gasteiger partial charge in [-0.3, -0.25) is 4.79 Å². The fraction of sp³-hybridized carbons (Fsp3) is 0.375. The van der Waals surface area contributed by atoms with Gasteiger partial charge >= 0.3 is 6.09 Å². The number of amides is 2. The van der Waals surface area contributed by atoms with Gasteiger partial charge in [-0.1, -0.05) is 23.9 Å². The summed E-state index contributed by atoms with van der Waals surface area (Å²) in [5.74, 6) is -0.125. The maximum absolute atomic E-state index is 13.7. The third-order valence-electron chi connectivity index (χ3n) is 7.76. The van der Waals surface area contributed by atoms with Crippen molar-refractivity contribution in [2.45, 2.75) is 54.0 Å². The van der Waals surface area contributed by atoms with Gasteiger partial charge in [0.15, 0.2) is 0 Å². The van der Waals surface area contributed by atoms with Crippen molar-refractivity contribution in [3.63, 3.8) is 0 Å². The largest absolute Gasteiger partial charge is 0.463 e. The van der Waals surface area contributed by atoms with E-state index in [1.807, 2.05) is 68.3 Å². The molecule has 0 radical (unpaired) electrons. The SMILES string of the molecule is CC(=O)NC1C(Oc2ccc(COC(=O)N3c4ccc(N(C)C)cc4Sc4c3ccc(N(C)C)c4N)cc2)OC(CO)C(O)C1O. The van der Waals surface area contributed by atoms with Crippen LogP contribution in [0.5, 0.6) is 5.75 Å². The molecule has 2 aliphatic heterocycles. The summed E-state index contributed by atoms with van der Waals surface area (Å²) in [6.45, 7) is 0.668. The van der Waals surface area contributed by atoms with Gasteiger partial charge in [0.25, 0.3) is 0 Å². The van der Waals surface area contributed by atoms with Crippen LogP contribution in [0.3, 0.4) is 0 Å². The van der Waals surface area contributed by atoms with Crippen molar-refractivity contribution in [1.29, 1.82) is 0 Å². The minimum atomic E-state index is -1.43. The molecule has 246 valence electrons. The molecular formula is C32H39N5O8S. The number of hydrogen-bond donors (Lipinski definition) is 5. The molecule has 5 unspecified atom stereocenters. The minimum absolute atomic E-state index is 0.0413. The van der Waals surface area contributed by atoms with E-state index in [9.17, 15) is 24.9 Å². The van der Waals surface area contributed by atoms with Crippen LogP contribution in [0.1, 0.15) is 12.5 Å². The molecule has 5 atom stereocenters. The van der Waals surface area contributed by atoms with Gasteiger partial charge in [0.1, 0.15) is 36.7 Å². The zero-order chi connectivity index (χ0) is 33.3. The van der Waals surface area contributed by atoms with Crippen LogP contribution in [0.4, 0.5) is 33.2 Å². The van der Waals surface area contributed by atoms with Crippen LogP contribution in [0, 0.1) is 0 Å². The first-order chi connectivity index (χ1) is 21.9. The molecule has 6 N–H and O–H groups in total. The van der Waals surface area contributed by atoms with Gasteiger partial charge in [-0.15, -0.1) is 0 Å². The molecule has 0 aromatic heterocycles. The van der Waals surface area contributed by atoms with Gasteiger partial charge < -0.3 is 50.4 Å². The lowest BCUT2D eigenvalue weighted by molar-refractivity contribution is -0.244. The smallest absolute Gasteiger partial charge is 0.419 e. The van der Waals surface area contributed by atoms with Crippen LogP contribution in [-0.2, 0) is 20.9 Å². The van der Waals surface area contributed by atoms with Gasteiger partial charge in [-0.2, -0.15) is 0 Å². The third-order valence-corrected chi connectivity index (χ3v) is 8.94. The molecule has 5 rings (SSSR count). The molecule has 0 bridgehead atoms. The Bertz CT molecular complexity index is 1590. The number of anilines is 5. The quantitative estimate of drug-likeness (QED) is 0.226. The monoisotopic (exact) mass is 653 g/mol. The normalized spacial score (nSPS) is 21.9. The van der Waals surface area contributed by atoms with Crippen molar-refractivity contribution in [1.82, 2.24) is 5.32 Å². The Hall–Kier alpha value is -4.21. The first kappa shape index (κ1) is 33.2. The summed E-state index contributed by atoms with van der Waals surface area (Å²) >= 11 is 1.51. The average Bonchev–Trinajstić information content (AvgIpc) is 3.02. The van der Waals surface area contributed by atoms with Gasteiger partial charge in [0, 0.05) is 45.7 Å². The van der Waals surface area contributed by atoms with Crippen LogP contribution in [-0.4, -0.2) is 92.8 Å². The Morgan fingerprint density at radius 2 is 1.70 bits per heavy atom.